The molecule has 2 N–H and O–H groups in total. The highest BCUT2D eigenvalue weighted by atomic mass is 35.5. The lowest BCUT2D eigenvalue weighted by Crippen LogP contribution is -2.44. The highest BCUT2D eigenvalue weighted by Crippen LogP contribution is 2.43. The van der Waals surface area contributed by atoms with Crippen molar-refractivity contribution in [2.75, 3.05) is 33.4 Å². The Hall–Kier alpha value is -1.52. The molecular weight excluding hydrogens is 414 g/mol. The van der Waals surface area contributed by atoms with Crippen molar-refractivity contribution in [2.24, 2.45) is 0 Å². The van der Waals surface area contributed by atoms with Crippen molar-refractivity contribution in [2.45, 2.75) is 44.4 Å². The van der Waals surface area contributed by atoms with Crippen LogP contribution in [-0.2, 0) is 28.0 Å². The Morgan fingerprint density at radius 1 is 1.48 bits per heavy atom. The number of carbonyl (C=O) groups excluding carboxylic acids is 1. The lowest BCUT2D eigenvalue weighted by Gasteiger charge is -2.40. The standard InChI is InChI=1S/C19H27N5O3S.ClH/c1-13(17-23-21-12-24(17)8-10-26-2)22-18(25)16-11-14-15(28-16)3-9-27-19(14)4-6-20-7-5-19;/h11-13,20H,3-10H2,1-2H3,(H,22,25);1H. The fourth-order valence-corrected chi connectivity index (χ4v) is 5.20. The van der Waals surface area contributed by atoms with Crippen LogP contribution in [0.15, 0.2) is 12.4 Å². The van der Waals surface area contributed by atoms with E-state index in [4.69, 9.17) is 9.47 Å². The number of piperidine rings is 1. The van der Waals surface area contributed by atoms with E-state index in [0.29, 0.717) is 13.2 Å². The number of ether oxygens (including phenoxy) is 2. The minimum atomic E-state index is -0.241. The molecule has 4 heterocycles. The van der Waals surface area contributed by atoms with Gasteiger partial charge in [-0.3, -0.25) is 4.79 Å². The summed E-state index contributed by atoms with van der Waals surface area (Å²) in [5, 5.41) is 14.6. The van der Waals surface area contributed by atoms with Gasteiger partial charge in [0.05, 0.1) is 29.7 Å². The summed E-state index contributed by atoms with van der Waals surface area (Å²) in [6.45, 7) is 5.78. The average Bonchev–Trinajstić information content (AvgIpc) is 3.35. The molecule has 1 saturated heterocycles. The van der Waals surface area contributed by atoms with Gasteiger partial charge in [-0.15, -0.1) is 33.9 Å². The lowest BCUT2D eigenvalue weighted by atomic mass is 9.83. The summed E-state index contributed by atoms with van der Waals surface area (Å²) in [5.41, 5.74) is 0.992. The number of thiophene rings is 1. The van der Waals surface area contributed by atoms with Gasteiger partial charge >= 0.3 is 0 Å². The molecule has 8 nitrogen and oxygen atoms in total. The van der Waals surface area contributed by atoms with Gasteiger partial charge in [-0.05, 0) is 44.5 Å². The third-order valence-electron chi connectivity index (χ3n) is 5.56. The Labute approximate surface area is 180 Å². The van der Waals surface area contributed by atoms with Crippen LogP contribution in [0.4, 0.5) is 0 Å². The maximum absolute atomic E-state index is 12.9. The summed E-state index contributed by atoms with van der Waals surface area (Å²) in [5.74, 6) is 0.655. The number of amides is 1. The zero-order valence-corrected chi connectivity index (χ0v) is 18.4. The molecule has 4 rings (SSSR count). The van der Waals surface area contributed by atoms with Crippen LogP contribution in [0.5, 0.6) is 0 Å². The number of carbonyl (C=O) groups is 1. The largest absolute Gasteiger partial charge is 0.383 e. The fourth-order valence-electron chi connectivity index (χ4n) is 4.07. The minimum absolute atomic E-state index is 0. The molecule has 1 atom stereocenters. The van der Waals surface area contributed by atoms with Crippen LogP contribution in [0, 0.1) is 0 Å². The molecule has 0 aromatic carbocycles. The first-order valence-corrected chi connectivity index (χ1v) is 10.6. The SMILES string of the molecule is COCCn1cnnc1C(C)NC(=O)c1cc2c(s1)CCOC21CCNCC1.Cl. The maximum atomic E-state index is 12.9. The summed E-state index contributed by atoms with van der Waals surface area (Å²) in [6.07, 6.45) is 4.45. The third kappa shape index (κ3) is 4.49. The van der Waals surface area contributed by atoms with Crippen molar-refractivity contribution in [1.82, 2.24) is 25.4 Å². The molecule has 10 heteroatoms. The summed E-state index contributed by atoms with van der Waals surface area (Å²) in [6, 6.07) is 1.80. The van der Waals surface area contributed by atoms with E-state index in [9.17, 15) is 4.79 Å². The minimum Gasteiger partial charge on any atom is -0.383 e. The van der Waals surface area contributed by atoms with Gasteiger partial charge in [0.1, 0.15) is 6.33 Å². The van der Waals surface area contributed by atoms with Crippen LogP contribution in [0.25, 0.3) is 0 Å². The smallest absolute Gasteiger partial charge is 0.261 e. The second-order valence-electron chi connectivity index (χ2n) is 7.36. The number of methoxy groups -OCH3 is 1. The summed E-state index contributed by atoms with van der Waals surface area (Å²) in [4.78, 5) is 15.0. The van der Waals surface area contributed by atoms with Gasteiger partial charge in [0, 0.05) is 25.0 Å². The zero-order chi connectivity index (χ0) is 19.6. The highest BCUT2D eigenvalue weighted by molar-refractivity contribution is 7.14. The summed E-state index contributed by atoms with van der Waals surface area (Å²) >= 11 is 1.59. The molecule has 29 heavy (non-hydrogen) atoms. The monoisotopic (exact) mass is 441 g/mol. The maximum Gasteiger partial charge on any atom is 0.261 e. The van der Waals surface area contributed by atoms with Crippen molar-refractivity contribution in [3.63, 3.8) is 0 Å². The first kappa shape index (κ1) is 22.2. The number of nitrogens with zero attached hydrogens (tertiary/aromatic N) is 3. The molecule has 0 bridgehead atoms. The second kappa shape index (κ2) is 9.53. The number of hydrogen-bond acceptors (Lipinski definition) is 7. The topological polar surface area (TPSA) is 90.3 Å². The van der Waals surface area contributed by atoms with Gasteiger partial charge in [-0.25, -0.2) is 0 Å². The second-order valence-corrected chi connectivity index (χ2v) is 8.50. The first-order valence-electron chi connectivity index (χ1n) is 9.78. The van der Waals surface area contributed by atoms with Gasteiger partial charge in [0.25, 0.3) is 5.91 Å². The predicted molar refractivity (Wildman–Crippen MR) is 113 cm³/mol. The van der Waals surface area contributed by atoms with E-state index in [1.54, 1.807) is 24.8 Å². The van der Waals surface area contributed by atoms with Crippen LogP contribution >= 0.6 is 23.7 Å². The van der Waals surface area contributed by atoms with E-state index in [1.807, 2.05) is 17.6 Å². The van der Waals surface area contributed by atoms with Crippen molar-refractivity contribution < 1.29 is 14.3 Å². The number of hydrogen-bond donors (Lipinski definition) is 2. The molecule has 1 spiro atoms. The third-order valence-corrected chi connectivity index (χ3v) is 6.75. The van der Waals surface area contributed by atoms with Crippen molar-refractivity contribution in [3.8, 4) is 0 Å². The fraction of sp³-hybridized carbons (Fsp3) is 0.632. The molecule has 0 saturated carbocycles. The predicted octanol–water partition coefficient (Wildman–Crippen LogP) is 2.05. The van der Waals surface area contributed by atoms with Crippen molar-refractivity contribution in [1.29, 1.82) is 0 Å². The Kier molecular flexibility index (Phi) is 7.28. The number of aromatic nitrogens is 3. The molecule has 2 aromatic rings. The number of rotatable bonds is 6. The van der Waals surface area contributed by atoms with E-state index < -0.39 is 0 Å². The van der Waals surface area contributed by atoms with E-state index in [1.165, 1.54) is 10.4 Å². The Bertz CT molecular complexity index is 834. The molecule has 2 aromatic heterocycles. The van der Waals surface area contributed by atoms with Gasteiger partial charge < -0.3 is 24.7 Å². The van der Waals surface area contributed by atoms with Gasteiger partial charge in [0.15, 0.2) is 5.82 Å². The van der Waals surface area contributed by atoms with E-state index >= 15 is 0 Å². The van der Waals surface area contributed by atoms with Gasteiger partial charge in [-0.2, -0.15) is 0 Å². The summed E-state index contributed by atoms with van der Waals surface area (Å²) in [7, 11) is 1.66. The van der Waals surface area contributed by atoms with Crippen LogP contribution in [0.3, 0.4) is 0 Å². The number of halogens is 1. The molecular formula is C19H28ClN5O3S. The molecule has 0 radical (unpaired) electrons. The normalized spacial score (nSPS) is 18.7. The van der Waals surface area contributed by atoms with Crippen molar-refractivity contribution >= 4 is 29.7 Å². The van der Waals surface area contributed by atoms with Crippen LogP contribution in [0.1, 0.15) is 51.7 Å². The van der Waals surface area contributed by atoms with Crippen molar-refractivity contribution in [3.05, 3.63) is 33.5 Å². The quantitative estimate of drug-likeness (QED) is 0.713. The Morgan fingerprint density at radius 2 is 2.28 bits per heavy atom. The van der Waals surface area contributed by atoms with E-state index in [0.717, 1.165) is 49.7 Å². The molecule has 2 aliphatic heterocycles. The summed E-state index contributed by atoms with van der Waals surface area (Å²) < 4.78 is 13.3. The number of fused-ring (bicyclic) bond motifs is 2. The van der Waals surface area contributed by atoms with Gasteiger partial charge in [-0.1, -0.05) is 0 Å². The van der Waals surface area contributed by atoms with Crippen LogP contribution in [0.2, 0.25) is 0 Å². The van der Waals surface area contributed by atoms with E-state index in [-0.39, 0.29) is 30.0 Å². The van der Waals surface area contributed by atoms with Crippen LogP contribution < -0.4 is 10.6 Å². The Balaban J connectivity index is 0.00000240. The van der Waals surface area contributed by atoms with Crippen LogP contribution in [-0.4, -0.2) is 54.1 Å². The van der Waals surface area contributed by atoms with E-state index in [2.05, 4.69) is 20.8 Å². The lowest BCUT2D eigenvalue weighted by molar-refractivity contribution is -0.0792. The molecule has 1 amide bonds. The average molecular weight is 442 g/mol. The van der Waals surface area contributed by atoms with Gasteiger partial charge in [0.2, 0.25) is 0 Å². The molecule has 1 fully saturated rings. The molecule has 160 valence electrons. The first-order chi connectivity index (χ1) is 13.6. The molecule has 2 aliphatic rings. The highest BCUT2D eigenvalue weighted by Gasteiger charge is 2.40. The molecule has 1 unspecified atom stereocenters. The number of nitrogens with one attached hydrogen (secondary N) is 2. The zero-order valence-electron chi connectivity index (χ0n) is 16.8. The Morgan fingerprint density at radius 3 is 3.03 bits per heavy atom. The molecule has 0 aliphatic carbocycles.